The second-order valence-electron chi connectivity index (χ2n) is 5.64. The molecule has 2 aromatic carbocycles. The van der Waals surface area contributed by atoms with Crippen LogP contribution in [0, 0.1) is 0 Å². The lowest BCUT2D eigenvalue weighted by Crippen LogP contribution is -2.28. The molecule has 2 aromatic rings. The van der Waals surface area contributed by atoms with Gasteiger partial charge >= 0.3 is 0 Å². The summed E-state index contributed by atoms with van der Waals surface area (Å²) in [5.74, 6) is -0.621. The molecule has 1 saturated heterocycles. The van der Waals surface area contributed by atoms with Gasteiger partial charge in [-0.2, -0.15) is 16.8 Å². The standard InChI is InChI=1S/C10H9NO5S.C6H7NO3S/c12-9-5-6-10(13)11(9)7-1-3-8(4-2-7)17(14,15)16;7-5-1-3-6(4-2-5)11(8,9)10/h1-4H,5-6H2,(H,14,15,16);1-4H,7H2,(H,8,9,10). The molecular formula is C16H16N2O8S2. The van der Waals surface area contributed by atoms with Crippen molar-refractivity contribution in [1.82, 2.24) is 0 Å². The summed E-state index contributed by atoms with van der Waals surface area (Å²) in [5, 5.41) is 0. The van der Waals surface area contributed by atoms with E-state index < -0.39 is 20.2 Å². The molecule has 150 valence electrons. The van der Waals surface area contributed by atoms with E-state index in [-0.39, 0.29) is 34.4 Å². The number of benzene rings is 2. The van der Waals surface area contributed by atoms with Gasteiger partial charge in [0.05, 0.1) is 15.5 Å². The van der Waals surface area contributed by atoms with Crippen LogP contribution in [0.4, 0.5) is 11.4 Å². The summed E-state index contributed by atoms with van der Waals surface area (Å²) in [5.41, 5.74) is 6.06. The molecule has 1 aliphatic heterocycles. The van der Waals surface area contributed by atoms with Crippen LogP contribution < -0.4 is 10.6 Å². The highest BCUT2D eigenvalue weighted by atomic mass is 32.2. The molecule has 0 atom stereocenters. The Bertz CT molecular complexity index is 1080. The highest BCUT2D eigenvalue weighted by Crippen LogP contribution is 2.23. The van der Waals surface area contributed by atoms with Crippen LogP contribution in [0.3, 0.4) is 0 Å². The van der Waals surface area contributed by atoms with Crippen LogP contribution in [0.5, 0.6) is 0 Å². The van der Waals surface area contributed by atoms with Crippen LogP contribution >= 0.6 is 0 Å². The van der Waals surface area contributed by atoms with Gasteiger partial charge in [0.25, 0.3) is 20.2 Å². The molecule has 0 aromatic heterocycles. The Kier molecular flexibility index (Phi) is 6.19. The van der Waals surface area contributed by atoms with Crippen molar-refractivity contribution in [2.75, 3.05) is 10.6 Å². The molecule has 1 heterocycles. The maximum absolute atomic E-state index is 11.4. The molecule has 0 radical (unpaired) electrons. The first-order valence-electron chi connectivity index (χ1n) is 7.66. The second kappa shape index (κ2) is 8.06. The summed E-state index contributed by atoms with van der Waals surface area (Å²) in [4.78, 5) is 23.4. The summed E-state index contributed by atoms with van der Waals surface area (Å²) >= 11 is 0. The molecule has 10 nitrogen and oxygen atoms in total. The van der Waals surface area contributed by atoms with E-state index in [2.05, 4.69) is 0 Å². The average Bonchev–Trinajstić information content (AvgIpc) is 2.93. The third-order valence-electron chi connectivity index (χ3n) is 3.62. The molecule has 0 aliphatic carbocycles. The molecule has 12 heteroatoms. The number of nitrogens with two attached hydrogens (primary N) is 1. The normalized spacial score (nSPS) is 14.6. The number of anilines is 2. The van der Waals surface area contributed by atoms with Crippen LogP contribution in [-0.4, -0.2) is 37.8 Å². The van der Waals surface area contributed by atoms with Gasteiger partial charge in [0.2, 0.25) is 11.8 Å². The minimum absolute atomic E-state index is 0.147. The largest absolute Gasteiger partial charge is 0.399 e. The summed E-state index contributed by atoms with van der Waals surface area (Å²) in [6.07, 6.45) is 0.331. The molecule has 4 N–H and O–H groups in total. The van der Waals surface area contributed by atoms with Crippen molar-refractivity contribution in [1.29, 1.82) is 0 Å². The van der Waals surface area contributed by atoms with E-state index in [0.717, 1.165) is 17.0 Å². The number of nitrogens with zero attached hydrogens (tertiary/aromatic N) is 1. The van der Waals surface area contributed by atoms with E-state index in [1.807, 2.05) is 0 Å². The zero-order valence-corrected chi connectivity index (χ0v) is 15.9. The van der Waals surface area contributed by atoms with Gasteiger partial charge in [-0.3, -0.25) is 23.6 Å². The molecule has 2 amide bonds. The van der Waals surface area contributed by atoms with Gasteiger partial charge in [-0.05, 0) is 48.5 Å². The van der Waals surface area contributed by atoms with Gasteiger partial charge < -0.3 is 5.73 Å². The SMILES string of the molecule is Nc1ccc(S(=O)(=O)O)cc1.O=C1CCC(=O)N1c1ccc(S(=O)(=O)O)cc1. The number of carbonyl (C=O) groups excluding carboxylic acids is 2. The molecule has 0 spiro atoms. The van der Waals surface area contributed by atoms with E-state index in [9.17, 15) is 26.4 Å². The zero-order chi connectivity index (χ0) is 21.1. The molecule has 0 unspecified atom stereocenters. The first-order chi connectivity index (χ1) is 12.9. The minimum Gasteiger partial charge on any atom is -0.399 e. The molecule has 0 bridgehead atoms. The fourth-order valence-corrected chi connectivity index (χ4v) is 3.23. The van der Waals surface area contributed by atoms with Crippen molar-refractivity contribution in [2.24, 2.45) is 0 Å². The maximum atomic E-state index is 11.4. The van der Waals surface area contributed by atoms with Crippen LogP contribution in [0.1, 0.15) is 12.8 Å². The first kappa shape index (κ1) is 21.5. The van der Waals surface area contributed by atoms with Gasteiger partial charge in [0.15, 0.2) is 0 Å². The Hall–Kier alpha value is -2.80. The fraction of sp³-hybridized carbons (Fsp3) is 0.125. The monoisotopic (exact) mass is 428 g/mol. The van der Waals surface area contributed by atoms with E-state index in [4.69, 9.17) is 14.8 Å². The van der Waals surface area contributed by atoms with Crippen molar-refractivity contribution in [3.8, 4) is 0 Å². The smallest absolute Gasteiger partial charge is 0.294 e. The predicted octanol–water partition coefficient (Wildman–Crippen LogP) is 1.10. The Morgan fingerprint density at radius 2 is 1.07 bits per heavy atom. The average molecular weight is 428 g/mol. The van der Waals surface area contributed by atoms with Gasteiger partial charge in [-0.15, -0.1) is 0 Å². The molecular weight excluding hydrogens is 412 g/mol. The Balaban J connectivity index is 0.000000221. The van der Waals surface area contributed by atoms with Crippen molar-refractivity contribution in [3.05, 3.63) is 48.5 Å². The summed E-state index contributed by atoms with van der Waals surface area (Å²) in [6.45, 7) is 0. The number of hydrogen-bond acceptors (Lipinski definition) is 7. The third-order valence-corrected chi connectivity index (χ3v) is 5.36. The van der Waals surface area contributed by atoms with Crippen molar-refractivity contribution in [3.63, 3.8) is 0 Å². The predicted molar refractivity (Wildman–Crippen MR) is 98.7 cm³/mol. The van der Waals surface area contributed by atoms with Gasteiger partial charge in [-0.1, -0.05) is 0 Å². The Morgan fingerprint density at radius 1 is 0.714 bits per heavy atom. The lowest BCUT2D eigenvalue weighted by molar-refractivity contribution is -0.121. The third kappa shape index (κ3) is 5.36. The molecule has 1 fully saturated rings. The zero-order valence-electron chi connectivity index (χ0n) is 14.2. The van der Waals surface area contributed by atoms with E-state index in [0.29, 0.717) is 11.4 Å². The molecule has 28 heavy (non-hydrogen) atoms. The van der Waals surface area contributed by atoms with Gasteiger partial charge in [0.1, 0.15) is 0 Å². The van der Waals surface area contributed by atoms with Crippen LogP contribution in [0.15, 0.2) is 58.3 Å². The fourth-order valence-electron chi connectivity index (χ4n) is 2.27. The molecule has 1 aliphatic rings. The van der Waals surface area contributed by atoms with Crippen LogP contribution in [0.2, 0.25) is 0 Å². The number of amides is 2. The highest BCUT2D eigenvalue weighted by molar-refractivity contribution is 7.86. The maximum Gasteiger partial charge on any atom is 0.294 e. The molecule has 0 saturated carbocycles. The number of imide groups is 1. The summed E-state index contributed by atoms with van der Waals surface area (Å²) in [7, 11) is -8.33. The van der Waals surface area contributed by atoms with Gasteiger partial charge in [0, 0.05) is 18.5 Å². The number of carbonyl (C=O) groups is 2. The van der Waals surface area contributed by atoms with Gasteiger partial charge in [-0.25, -0.2) is 0 Å². The Morgan fingerprint density at radius 3 is 1.43 bits per heavy atom. The number of rotatable bonds is 3. The topological polar surface area (TPSA) is 172 Å². The minimum atomic E-state index is -4.26. The van der Waals surface area contributed by atoms with Crippen LogP contribution in [-0.2, 0) is 29.8 Å². The summed E-state index contributed by atoms with van der Waals surface area (Å²) < 4.78 is 59.8. The highest BCUT2D eigenvalue weighted by Gasteiger charge is 2.30. The lowest BCUT2D eigenvalue weighted by atomic mass is 10.3. The first-order valence-corrected chi connectivity index (χ1v) is 10.5. The van der Waals surface area contributed by atoms with Crippen molar-refractivity contribution < 1.29 is 35.5 Å². The van der Waals surface area contributed by atoms with Crippen molar-refractivity contribution >= 4 is 43.4 Å². The van der Waals surface area contributed by atoms with Crippen molar-refractivity contribution in [2.45, 2.75) is 22.6 Å². The van der Waals surface area contributed by atoms with E-state index in [1.165, 1.54) is 36.4 Å². The Labute approximate surface area is 161 Å². The summed E-state index contributed by atoms with van der Waals surface area (Å²) in [6, 6.07) is 10.2. The van der Waals surface area contributed by atoms with E-state index in [1.54, 1.807) is 0 Å². The van der Waals surface area contributed by atoms with Crippen LogP contribution in [0.25, 0.3) is 0 Å². The molecule has 3 rings (SSSR count). The van der Waals surface area contributed by atoms with E-state index >= 15 is 0 Å². The number of hydrogen-bond donors (Lipinski definition) is 3. The number of nitrogen functional groups attached to an aromatic ring is 1. The second-order valence-corrected chi connectivity index (χ2v) is 8.48. The quantitative estimate of drug-likeness (QED) is 0.367. The lowest BCUT2D eigenvalue weighted by Gasteiger charge is -2.13.